The van der Waals surface area contributed by atoms with Crippen molar-refractivity contribution in [2.75, 3.05) is 9.91 Å². The first kappa shape index (κ1) is 24.7. The Balaban J connectivity index is 1.46. The van der Waals surface area contributed by atoms with E-state index in [2.05, 4.69) is 91.5 Å². The molecule has 0 N–H and O–H groups in total. The Morgan fingerprint density at radius 3 is 1.42 bits per heavy atom. The number of anilines is 5. The van der Waals surface area contributed by atoms with Gasteiger partial charge in [0.15, 0.2) is 0 Å². The summed E-state index contributed by atoms with van der Waals surface area (Å²) in [6.07, 6.45) is 2.70. The van der Waals surface area contributed by atoms with Gasteiger partial charge < -0.3 is 4.90 Å². The smallest absolute Gasteiger partial charge is 0.150 e. The summed E-state index contributed by atoms with van der Waals surface area (Å²) >= 11 is 0. The van der Waals surface area contributed by atoms with E-state index in [0.717, 1.165) is 40.3 Å². The van der Waals surface area contributed by atoms with Gasteiger partial charge in [-0.1, -0.05) is 65.7 Å². The molecule has 5 rings (SSSR count). The minimum absolute atomic E-state index is 0.632. The minimum Gasteiger partial charge on any atom is -0.311 e. The molecule has 0 radical (unpaired) electrons. The zero-order valence-corrected chi connectivity index (χ0v) is 21.5. The molecule has 0 aliphatic heterocycles. The monoisotopic (exact) mass is 495 g/mol. The number of hydrogen-bond donors (Lipinski definition) is 0. The van der Waals surface area contributed by atoms with Gasteiger partial charge in [-0.3, -0.25) is 4.79 Å². The van der Waals surface area contributed by atoms with Crippen LogP contribution >= 0.6 is 0 Å². The lowest BCUT2D eigenvalue weighted by atomic mass is 10.1. The Hall–Kier alpha value is -4.96. The largest absolute Gasteiger partial charge is 0.311 e. The van der Waals surface area contributed by atoms with E-state index in [9.17, 15) is 4.79 Å². The predicted molar refractivity (Wildman–Crippen MR) is 159 cm³/mol. The van der Waals surface area contributed by atoms with Crippen molar-refractivity contribution in [1.29, 1.82) is 0 Å². The molecule has 0 unspecified atom stereocenters. The van der Waals surface area contributed by atoms with Gasteiger partial charge in [0.25, 0.3) is 0 Å². The number of hydrogen-bond acceptors (Lipinski definition) is 4. The third-order valence-electron chi connectivity index (χ3n) is 6.33. The van der Waals surface area contributed by atoms with Crippen molar-refractivity contribution in [3.63, 3.8) is 0 Å². The van der Waals surface area contributed by atoms with Gasteiger partial charge in [0, 0.05) is 22.6 Å². The average Bonchev–Trinajstić information content (AvgIpc) is 2.97. The molecule has 0 aliphatic carbocycles. The van der Waals surface area contributed by atoms with Crippen LogP contribution in [0.5, 0.6) is 0 Å². The zero-order chi connectivity index (χ0) is 26.3. The minimum atomic E-state index is 0.632. The van der Waals surface area contributed by atoms with Crippen molar-refractivity contribution in [3.05, 3.63) is 150 Å². The van der Waals surface area contributed by atoms with E-state index >= 15 is 0 Å². The maximum atomic E-state index is 11.1. The number of benzene rings is 5. The van der Waals surface area contributed by atoms with Gasteiger partial charge in [0.1, 0.15) is 6.29 Å². The maximum absolute atomic E-state index is 11.1. The first-order chi connectivity index (χ1) is 18.6. The maximum Gasteiger partial charge on any atom is 0.150 e. The van der Waals surface area contributed by atoms with E-state index in [0.29, 0.717) is 5.56 Å². The number of carbonyl (C=O) groups is 1. The summed E-state index contributed by atoms with van der Waals surface area (Å²) in [4.78, 5) is 13.4. The number of carbonyl (C=O) groups excluding carboxylic acids is 1. The Morgan fingerprint density at radius 2 is 0.921 bits per heavy atom. The van der Waals surface area contributed by atoms with Crippen LogP contribution in [0.1, 0.15) is 27.0 Å². The SMILES string of the molecule is Cc1ccc(N(c2ccc(C)cc2)c2ccc(C=NN(c3ccccc3)c3ccc(C=O)cc3)cc2)cc1. The summed E-state index contributed by atoms with van der Waals surface area (Å²) in [7, 11) is 0. The lowest BCUT2D eigenvalue weighted by Gasteiger charge is -2.26. The molecule has 0 saturated heterocycles. The fourth-order valence-electron chi connectivity index (χ4n) is 4.21. The Morgan fingerprint density at radius 1 is 0.500 bits per heavy atom. The molecule has 0 spiro atoms. The van der Waals surface area contributed by atoms with Crippen LogP contribution in [-0.4, -0.2) is 12.5 Å². The second-order valence-corrected chi connectivity index (χ2v) is 9.20. The molecular weight excluding hydrogens is 466 g/mol. The van der Waals surface area contributed by atoms with Crippen molar-refractivity contribution < 1.29 is 4.79 Å². The zero-order valence-electron chi connectivity index (χ0n) is 21.5. The van der Waals surface area contributed by atoms with Gasteiger partial charge >= 0.3 is 0 Å². The second-order valence-electron chi connectivity index (χ2n) is 9.20. The van der Waals surface area contributed by atoms with Gasteiger partial charge in [0.05, 0.1) is 17.6 Å². The van der Waals surface area contributed by atoms with Crippen molar-refractivity contribution in [2.24, 2.45) is 5.10 Å². The van der Waals surface area contributed by atoms with Crippen molar-refractivity contribution in [2.45, 2.75) is 13.8 Å². The van der Waals surface area contributed by atoms with Crippen LogP contribution in [0, 0.1) is 13.8 Å². The summed E-state index contributed by atoms with van der Waals surface area (Å²) in [6, 6.07) is 42.9. The quantitative estimate of drug-likeness (QED) is 0.123. The van der Waals surface area contributed by atoms with E-state index in [1.54, 1.807) is 12.1 Å². The molecule has 0 aromatic heterocycles. The summed E-state index contributed by atoms with van der Waals surface area (Å²) in [6.45, 7) is 4.20. The molecule has 0 bridgehead atoms. The molecule has 5 aromatic rings. The van der Waals surface area contributed by atoms with Crippen LogP contribution in [0.3, 0.4) is 0 Å². The first-order valence-electron chi connectivity index (χ1n) is 12.6. The Bertz CT molecular complexity index is 1460. The van der Waals surface area contributed by atoms with Crippen molar-refractivity contribution in [1.82, 2.24) is 0 Å². The lowest BCUT2D eigenvalue weighted by molar-refractivity contribution is 0.112. The van der Waals surface area contributed by atoms with E-state index in [1.807, 2.05) is 53.7 Å². The molecule has 0 saturated carbocycles. The molecule has 4 nitrogen and oxygen atoms in total. The van der Waals surface area contributed by atoms with Gasteiger partial charge in [-0.05, 0) is 92.2 Å². The topological polar surface area (TPSA) is 35.9 Å². The molecule has 186 valence electrons. The number of rotatable bonds is 8. The highest BCUT2D eigenvalue weighted by atomic mass is 16.1. The fourth-order valence-corrected chi connectivity index (χ4v) is 4.21. The molecule has 38 heavy (non-hydrogen) atoms. The summed E-state index contributed by atoms with van der Waals surface area (Å²) in [5.41, 5.74) is 9.16. The van der Waals surface area contributed by atoms with Crippen LogP contribution in [0.15, 0.2) is 132 Å². The van der Waals surface area contributed by atoms with E-state index in [4.69, 9.17) is 5.10 Å². The average molecular weight is 496 g/mol. The molecule has 0 fully saturated rings. The van der Waals surface area contributed by atoms with E-state index in [-0.39, 0.29) is 0 Å². The number of hydrazone groups is 1. The van der Waals surface area contributed by atoms with Gasteiger partial charge in [-0.2, -0.15) is 5.10 Å². The summed E-state index contributed by atoms with van der Waals surface area (Å²) < 4.78 is 0. The molecule has 5 aromatic carbocycles. The first-order valence-corrected chi connectivity index (χ1v) is 12.6. The molecular formula is C34H29N3O. The van der Waals surface area contributed by atoms with Gasteiger partial charge in [-0.25, -0.2) is 5.01 Å². The van der Waals surface area contributed by atoms with Crippen LogP contribution in [-0.2, 0) is 0 Å². The van der Waals surface area contributed by atoms with E-state index < -0.39 is 0 Å². The predicted octanol–water partition coefficient (Wildman–Crippen LogP) is 8.76. The molecule has 0 aliphatic rings. The van der Waals surface area contributed by atoms with Crippen LogP contribution < -0.4 is 9.91 Å². The third kappa shape index (κ3) is 5.71. The normalized spacial score (nSPS) is 10.9. The number of para-hydroxylation sites is 1. The highest BCUT2D eigenvalue weighted by Crippen LogP contribution is 2.34. The molecule has 0 heterocycles. The Kier molecular flexibility index (Phi) is 7.42. The van der Waals surface area contributed by atoms with Gasteiger partial charge in [-0.15, -0.1) is 0 Å². The van der Waals surface area contributed by atoms with Gasteiger partial charge in [0.2, 0.25) is 0 Å². The summed E-state index contributed by atoms with van der Waals surface area (Å²) in [5, 5.41) is 6.68. The summed E-state index contributed by atoms with van der Waals surface area (Å²) in [5.74, 6) is 0. The van der Waals surface area contributed by atoms with E-state index in [1.165, 1.54) is 11.1 Å². The Labute approximate surface area is 224 Å². The number of aldehydes is 1. The number of nitrogens with zero attached hydrogens (tertiary/aromatic N) is 3. The standard InChI is InChI=1S/C34H29N3O/c1-26-8-16-30(17-9-26)36(31-18-10-27(2)11-19-31)32-20-12-28(13-21-32)24-35-37(33-6-4-3-5-7-33)34-22-14-29(25-38)15-23-34/h3-25H,1-2H3. The highest BCUT2D eigenvalue weighted by Gasteiger charge is 2.12. The highest BCUT2D eigenvalue weighted by molar-refractivity contribution is 5.84. The molecule has 4 heteroatoms. The van der Waals surface area contributed by atoms with Crippen molar-refractivity contribution in [3.8, 4) is 0 Å². The molecule has 0 atom stereocenters. The van der Waals surface area contributed by atoms with Crippen LogP contribution in [0.4, 0.5) is 28.4 Å². The van der Waals surface area contributed by atoms with Crippen LogP contribution in [0.25, 0.3) is 0 Å². The van der Waals surface area contributed by atoms with Crippen molar-refractivity contribution >= 4 is 40.9 Å². The number of aryl methyl sites for hydroxylation is 2. The lowest BCUT2D eigenvalue weighted by Crippen LogP contribution is -2.10. The fraction of sp³-hybridized carbons (Fsp3) is 0.0588. The second kappa shape index (κ2) is 11.4. The molecule has 0 amide bonds. The van der Waals surface area contributed by atoms with Crippen LogP contribution in [0.2, 0.25) is 0 Å². The third-order valence-corrected chi connectivity index (χ3v) is 6.33.